The summed E-state index contributed by atoms with van der Waals surface area (Å²) in [5, 5.41) is 0.338. The van der Waals surface area contributed by atoms with Crippen molar-refractivity contribution in [3.8, 4) is 11.6 Å². The minimum Gasteiger partial charge on any atom is -0.435 e. The van der Waals surface area contributed by atoms with Gasteiger partial charge in [-0.15, -0.1) is 0 Å². The molecule has 0 radical (unpaired) electrons. The molecule has 100 valence electrons. The number of rotatable bonds is 4. The Bertz CT molecular complexity index is 590. The summed E-state index contributed by atoms with van der Waals surface area (Å²) in [6.07, 6.45) is 1.60. The van der Waals surface area contributed by atoms with E-state index in [1.54, 1.807) is 25.1 Å². The Kier molecular flexibility index (Phi) is 4.32. The Morgan fingerprint density at radius 1 is 1.26 bits per heavy atom. The maximum Gasteiger partial charge on any atom is 0.227 e. The van der Waals surface area contributed by atoms with E-state index in [9.17, 15) is 4.39 Å². The molecule has 0 unspecified atom stereocenters. The molecule has 2 aromatic rings. The topological polar surface area (TPSA) is 35.0 Å². The molecule has 0 saturated heterocycles. The van der Waals surface area contributed by atoms with Crippen LogP contribution >= 0.6 is 11.6 Å². The normalized spacial score (nSPS) is 10.5. The minimum absolute atomic E-state index is 0.128. The monoisotopic (exact) mass is 280 g/mol. The summed E-state index contributed by atoms with van der Waals surface area (Å²) >= 11 is 6.04. The van der Waals surface area contributed by atoms with Crippen LogP contribution in [0.5, 0.6) is 11.6 Å². The molecule has 0 amide bonds. The lowest BCUT2D eigenvalue weighted by molar-refractivity contribution is 0.421. The molecule has 0 saturated carbocycles. The molecule has 1 aromatic carbocycles. The SMILES string of the molecule is CCCc1nc(Cl)c(C)c(Oc2ccccc2F)n1. The number of nitrogens with zero attached hydrogens (tertiary/aromatic N) is 2. The smallest absolute Gasteiger partial charge is 0.227 e. The number of benzene rings is 1. The summed E-state index contributed by atoms with van der Waals surface area (Å²) in [6, 6.07) is 6.18. The number of ether oxygens (including phenoxy) is 1. The van der Waals surface area contributed by atoms with Gasteiger partial charge >= 0.3 is 0 Å². The molecule has 3 nitrogen and oxygen atoms in total. The molecule has 2 rings (SSSR count). The summed E-state index contributed by atoms with van der Waals surface area (Å²) in [6.45, 7) is 3.77. The van der Waals surface area contributed by atoms with Crippen LogP contribution in [-0.2, 0) is 6.42 Å². The molecule has 1 heterocycles. The van der Waals surface area contributed by atoms with Crippen molar-refractivity contribution in [1.29, 1.82) is 0 Å². The molecule has 0 fully saturated rings. The van der Waals surface area contributed by atoms with Gasteiger partial charge in [-0.05, 0) is 25.5 Å². The standard InChI is InChI=1S/C14H14ClFN2O/c1-3-6-12-17-13(15)9(2)14(18-12)19-11-8-5-4-7-10(11)16/h4-5,7-8H,3,6H2,1-2H3. The first-order valence-corrected chi connectivity index (χ1v) is 6.45. The van der Waals surface area contributed by atoms with Crippen LogP contribution < -0.4 is 4.74 Å². The van der Waals surface area contributed by atoms with Gasteiger partial charge < -0.3 is 4.74 Å². The summed E-state index contributed by atoms with van der Waals surface area (Å²) < 4.78 is 19.1. The third kappa shape index (κ3) is 3.20. The fraction of sp³-hybridized carbons (Fsp3) is 0.286. The second kappa shape index (κ2) is 5.97. The fourth-order valence-electron chi connectivity index (χ4n) is 1.58. The number of hydrogen-bond acceptors (Lipinski definition) is 3. The molecule has 1 aromatic heterocycles. The van der Waals surface area contributed by atoms with Crippen LogP contribution in [0.15, 0.2) is 24.3 Å². The first-order chi connectivity index (χ1) is 9.11. The van der Waals surface area contributed by atoms with Crippen LogP contribution in [0, 0.1) is 12.7 Å². The van der Waals surface area contributed by atoms with Gasteiger partial charge in [-0.25, -0.2) is 9.37 Å². The van der Waals surface area contributed by atoms with Crippen LogP contribution in [0.1, 0.15) is 24.7 Å². The lowest BCUT2D eigenvalue weighted by atomic mass is 10.3. The molecule has 0 spiro atoms. The molecule has 0 atom stereocenters. The quantitative estimate of drug-likeness (QED) is 0.782. The van der Waals surface area contributed by atoms with Gasteiger partial charge in [0, 0.05) is 12.0 Å². The molecule has 0 aliphatic heterocycles. The highest BCUT2D eigenvalue weighted by Crippen LogP contribution is 2.28. The Hall–Kier alpha value is -1.68. The number of halogens is 2. The third-order valence-electron chi connectivity index (χ3n) is 2.60. The van der Waals surface area contributed by atoms with E-state index in [1.807, 2.05) is 6.92 Å². The predicted molar refractivity (Wildman–Crippen MR) is 72.2 cm³/mol. The van der Waals surface area contributed by atoms with Gasteiger partial charge in [-0.1, -0.05) is 30.7 Å². The van der Waals surface area contributed by atoms with E-state index in [4.69, 9.17) is 16.3 Å². The highest BCUT2D eigenvalue weighted by atomic mass is 35.5. The molecule has 0 aliphatic carbocycles. The zero-order chi connectivity index (χ0) is 13.8. The highest BCUT2D eigenvalue weighted by Gasteiger charge is 2.12. The van der Waals surface area contributed by atoms with Gasteiger partial charge in [-0.3, -0.25) is 0 Å². The van der Waals surface area contributed by atoms with Crippen LogP contribution in [0.4, 0.5) is 4.39 Å². The van der Waals surface area contributed by atoms with Crippen molar-refractivity contribution in [2.45, 2.75) is 26.7 Å². The van der Waals surface area contributed by atoms with Crippen LogP contribution in [-0.4, -0.2) is 9.97 Å². The summed E-state index contributed by atoms with van der Waals surface area (Å²) in [5.74, 6) is 0.592. The van der Waals surface area contributed by atoms with Crippen molar-refractivity contribution in [3.63, 3.8) is 0 Å². The summed E-state index contributed by atoms with van der Waals surface area (Å²) in [4.78, 5) is 8.44. The zero-order valence-corrected chi connectivity index (χ0v) is 11.5. The van der Waals surface area contributed by atoms with Crippen LogP contribution in [0.25, 0.3) is 0 Å². The highest BCUT2D eigenvalue weighted by molar-refractivity contribution is 6.30. The maximum absolute atomic E-state index is 13.6. The van der Waals surface area contributed by atoms with Crippen LogP contribution in [0.3, 0.4) is 0 Å². The second-order valence-electron chi connectivity index (χ2n) is 4.14. The van der Waals surface area contributed by atoms with E-state index >= 15 is 0 Å². The number of para-hydroxylation sites is 1. The van der Waals surface area contributed by atoms with E-state index in [0.29, 0.717) is 28.8 Å². The first kappa shape index (κ1) is 13.7. The Morgan fingerprint density at radius 2 is 2.00 bits per heavy atom. The average Bonchev–Trinajstić information content (AvgIpc) is 2.38. The van der Waals surface area contributed by atoms with Crippen LogP contribution in [0.2, 0.25) is 5.15 Å². The first-order valence-electron chi connectivity index (χ1n) is 6.07. The lowest BCUT2D eigenvalue weighted by Crippen LogP contribution is -2.01. The predicted octanol–water partition coefficient (Wildman–Crippen LogP) is 4.32. The zero-order valence-electron chi connectivity index (χ0n) is 10.8. The van der Waals surface area contributed by atoms with Gasteiger partial charge in [0.05, 0.1) is 0 Å². The van der Waals surface area contributed by atoms with Crippen molar-refractivity contribution in [1.82, 2.24) is 9.97 Å². The third-order valence-corrected chi connectivity index (χ3v) is 2.97. The average molecular weight is 281 g/mol. The van der Waals surface area contributed by atoms with Gasteiger partial charge in [0.1, 0.15) is 11.0 Å². The fourth-order valence-corrected chi connectivity index (χ4v) is 1.76. The van der Waals surface area contributed by atoms with Gasteiger partial charge in [0.15, 0.2) is 11.6 Å². The Morgan fingerprint density at radius 3 is 2.68 bits per heavy atom. The Labute approximate surface area is 116 Å². The number of aryl methyl sites for hydroxylation is 1. The maximum atomic E-state index is 13.6. The van der Waals surface area contributed by atoms with E-state index in [-0.39, 0.29) is 5.75 Å². The van der Waals surface area contributed by atoms with E-state index in [1.165, 1.54) is 6.07 Å². The summed E-state index contributed by atoms with van der Waals surface area (Å²) in [5.41, 5.74) is 0.602. The number of hydrogen-bond donors (Lipinski definition) is 0. The van der Waals surface area contributed by atoms with Gasteiger partial charge in [0.2, 0.25) is 5.88 Å². The van der Waals surface area contributed by atoms with Crippen molar-refractivity contribution >= 4 is 11.6 Å². The summed E-state index contributed by atoms with van der Waals surface area (Å²) in [7, 11) is 0. The second-order valence-corrected chi connectivity index (χ2v) is 4.50. The lowest BCUT2D eigenvalue weighted by Gasteiger charge is -2.10. The van der Waals surface area contributed by atoms with E-state index in [2.05, 4.69) is 9.97 Å². The molecule has 5 heteroatoms. The largest absolute Gasteiger partial charge is 0.435 e. The number of aromatic nitrogens is 2. The van der Waals surface area contributed by atoms with Gasteiger partial charge in [-0.2, -0.15) is 4.98 Å². The molecular formula is C14H14ClFN2O. The molecule has 0 N–H and O–H groups in total. The molecule has 19 heavy (non-hydrogen) atoms. The minimum atomic E-state index is -0.436. The molecule has 0 aliphatic rings. The van der Waals surface area contributed by atoms with E-state index in [0.717, 1.165) is 6.42 Å². The van der Waals surface area contributed by atoms with Crippen molar-refractivity contribution < 1.29 is 9.13 Å². The van der Waals surface area contributed by atoms with Crippen molar-refractivity contribution in [3.05, 3.63) is 46.6 Å². The Balaban J connectivity index is 2.36. The van der Waals surface area contributed by atoms with E-state index < -0.39 is 5.82 Å². The van der Waals surface area contributed by atoms with Crippen molar-refractivity contribution in [2.24, 2.45) is 0 Å². The van der Waals surface area contributed by atoms with Gasteiger partial charge in [0.25, 0.3) is 0 Å². The van der Waals surface area contributed by atoms with Crippen molar-refractivity contribution in [2.75, 3.05) is 0 Å². The molecule has 0 bridgehead atoms. The molecular weight excluding hydrogens is 267 g/mol.